The zero-order valence-corrected chi connectivity index (χ0v) is 14.8. The Balaban J connectivity index is 1.56. The van der Waals surface area contributed by atoms with Crippen LogP contribution in [0.2, 0.25) is 0 Å². The topological polar surface area (TPSA) is 99.5 Å². The average molecular weight is 375 g/mol. The highest BCUT2D eigenvalue weighted by Crippen LogP contribution is 2.34. The molecule has 0 radical (unpaired) electrons. The van der Waals surface area contributed by atoms with E-state index in [1.165, 1.54) is 23.3 Å². The van der Waals surface area contributed by atoms with Crippen LogP contribution in [0.15, 0.2) is 47.4 Å². The van der Waals surface area contributed by atoms with E-state index in [0.29, 0.717) is 12.2 Å². The minimum Gasteiger partial charge on any atom is -0.458 e. The largest absolute Gasteiger partial charge is 0.458 e. The van der Waals surface area contributed by atoms with Crippen LogP contribution in [0.4, 0.5) is 5.82 Å². The third-order valence-corrected chi connectivity index (χ3v) is 4.79. The van der Waals surface area contributed by atoms with Crippen LogP contribution < -0.4 is 11.0 Å². The zero-order chi connectivity index (χ0) is 18.5. The molecule has 1 unspecified atom stereocenters. The van der Waals surface area contributed by atoms with Crippen LogP contribution in [0.3, 0.4) is 0 Å². The van der Waals surface area contributed by atoms with Crippen molar-refractivity contribution in [3.63, 3.8) is 0 Å². The van der Waals surface area contributed by atoms with E-state index in [9.17, 15) is 14.4 Å². The van der Waals surface area contributed by atoms with Crippen molar-refractivity contribution in [1.29, 1.82) is 0 Å². The molecule has 1 amide bonds. The molecule has 26 heavy (non-hydrogen) atoms. The first-order valence-electron chi connectivity index (χ1n) is 7.89. The van der Waals surface area contributed by atoms with E-state index in [4.69, 9.17) is 9.47 Å². The van der Waals surface area contributed by atoms with E-state index in [2.05, 4.69) is 10.3 Å². The van der Waals surface area contributed by atoms with E-state index in [-0.39, 0.29) is 29.1 Å². The maximum absolute atomic E-state index is 12.1. The fraction of sp³-hybridized carbons (Fsp3) is 0.294. The second-order valence-electron chi connectivity index (χ2n) is 5.50. The van der Waals surface area contributed by atoms with Crippen LogP contribution >= 0.6 is 11.8 Å². The SMILES string of the molecule is CC(=O)Nc1ccn(C2CO[C@H](COC(=O)c3ccccc3)S2)c(=O)n1. The van der Waals surface area contributed by atoms with E-state index < -0.39 is 11.7 Å². The maximum Gasteiger partial charge on any atom is 0.350 e. The number of carbonyl (C=O) groups is 2. The van der Waals surface area contributed by atoms with Gasteiger partial charge in [-0.3, -0.25) is 9.36 Å². The molecule has 2 atom stereocenters. The minimum atomic E-state index is -0.487. The lowest BCUT2D eigenvalue weighted by Gasteiger charge is -2.12. The fourth-order valence-electron chi connectivity index (χ4n) is 2.36. The van der Waals surface area contributed by atoms with Crippen molar-refractivity contribution in [3.8, 4) is 0 Å². The van der Waals surface area contributed by atoms with Gasteiger partial charge in [-0.2, -0.15) is 4.98 Å². The third-order valence-electron chi connectivity index (χ3n) is 3.54. The molecule has 3 rings (SSSR count). The number of ether oxygens (including phenoxy) is 2. The summed E-state index contributed by atoms with van der Waals surface area (Å²) in [7, 11) is 0. The lowest BCUT2D eigenvalue weighted by Crippen LogP contribution is -2.27. The standard InChI is InChI=1S/C17H17N3O5S/c1-11(21)18-13-7-8-20(17(23)19-13)14-9-24-15(26-14)10-25-16(22)12-5-3-2-4-6-12/h2-8,14-15H,9-10H2,1H3,(H,18,19,21,23)/t14?,15-/m0/s1. The van der Waals surface area contributed by atoms with Gasteiger partial charge < -0.3 is 14.8 Å². The van der Waals surface area contributed by atoms with E-state index >= 15 is 0 Å². The molecule has 136 valence electrons. The Hall–Kier alpha value is -2.65. The molecule has 1 aliphatic heterocycles. The fourth-order valence-corrected chi connectivity index (χ4v) is 3.46. The molecule has 0 bridgehead atoms. The molecule has 0 saturated carbocycles. The van der Waals surface area contributed by atoms with Gasteiger partial charge in [-0.05, 0) is 18.2 Å². The Bertz CT molecular complexity index is 855. The van der Waals surface area contributed by atoms with Gasteiger partial charge in [0.2, 0.25) is 5.91 Å². The van der Waals surface area contributed by atoms with Crippen LogP contribution in [-0.2, 0) is 14.3 Å². The molecule has 1 aliphatic rings. The normalized spacial score (nSPS) is 19.1. The Morgan fingerprint density at radius 1 is 1.35 bits per heavy atom. The van der Waals surface area contributed by atoms with Crippen LogP contribution in [-0.4, -0.2) is 40.1 Å². The molecule has 9 heteroatoms. The predicted molar refractivity (Wildman–Crippen MR) is 95.9 cm³/mol. The molecular formula is C17H17N3O5S. The maximum atomic E-state index is 12.1. The summed E-state index contributed by atoms with van der Waals surface area (Å²) in [6, 6.07) is 10.2. The van der Waals surface area contributed by atoms with Crippen LogP contribution in [0, 0.1) is 0 Å². The van der Waals surface area contributed by atoms with Gasteiger partial charge in [-0.25, -0.2) is 9.59 Å². The second kappa shape index (κ2) is 8.15. The first kappa shape index (κ1) is 18.2. The Labute approximate surface area is 153 Å². The molecule has 2 heterocycles. The Kier molecular flexibility index (Phi) is 5.69. The molecule has 0 aliphatic carbocycles. The van der Waals surface area contributed by atoms with Gasteiger partial charge >= 0.3 is 11.7 Å². The van der Waals surface area contributed by atoms with Crippen LogP contribution in [0.25, 0.3) is 0 Å². The summed E-state index contributed by atoms with van der Waals surface area (Å²) in [6.45, 7) is 1.72. The molecule has 0 spiro atoms. The van der Waals surface area contributed by atoms with Crippen LogP contribution in [0.1, 0.15) is 22.7 Å². The van der Waals surface area contributed by atoms with Crippen molar-refractivity contribution in [2.75, 3.05) is 18.5 Å². The molecule has 1 saturated heterocycles. The third kappa shape index (κ3) is 4.50. The van der Waals surface area contributed by atoms with Gasteiger partial charge in [-0.15, -0.1) is 0 Å². The number of esters is 1. The van der Waals surface area contributed by atoms with Gasteiger partial charge in [0.05, 0.1) is 12.2 Å². The van der Waals surface area contributed by atoms with Gasteiger partial charge in [0.1, 0.15) is 23.2 Å². The lowest BCUT2D eigenvalue weighted by molar-refractivity contribution is -0.114. The summed E-state index contributed by atoms with van der Waals surface area (Å²) in [5.74, 6) is -0.513. The van der Waals surface area contributed by atoms with Gasteiger partial charge in [-0.1, -0.05) is 30.0 Å². The van der Waals surface area contributed by atoms with Gasteiger partial charge in [0.15, 0.2) is 0 Å². The average Bonchev–Trinajstić information content (AvgIpc) is 3.08. The molecule has 1 aromatic carbocycles. The first-order chi connectivity index (χ1) is 12.5. The Morgan fingerprint density at radius 2 is 2.12 bits per heavy atom. The number of aromatic nitrogens is 2. The highest BCUT2D eigenvalue weighted by molar-refractivity contribution is 8.00. The van der Waals surface area contributed by atoms with E-state index in [0.717, 1.165) is 0 Å². The van der Waals surface area contributed by atoms with E-state index in [1.807, 2.05) is 6.07 Å². The number of thioether (sulfide) groups is 1. The second-order valence-corrected chi connectivity index (χ2v) is 6.84. The Morgan fingerprint density at radius 3 is 2.81 bits per heavy atom. The number of carbonyl (C=O) groups excluding carboxylic acids is 2. The van der Waals surface area contributed by atoms with Crippen molar-refractivity contribution in [2.24, 2.45) is 0 Å². The summed E-state index contributed by atoms with van der Waals surface area (Å²) in [6.07, 6.45) is 1.56. The molecule has 1 N–H and O–H groups in total. The molecular weight excluding hydrogens is 358 g/mol. The highest BCUT2D eigenvalue weighted by atomic mass is 32.2. The minimum absolute atomic E-state index is 0.0844. The zero-order valence-electron chi connectivity index (χ0n) is 14.0. The summed E-state index contributed by atoms with van der Waals surface area (Å²) < 4.78 is 12.3. The summed E-state index contributed by atoms with van der Waals surface area (Å²) in [4.78, 5) is 38.9. The van der Waals surface area contributed by atoms with Gasteiger partial charge in [0.25, 0.3) is 0 Å². The van der Waals surface area contributed by atoms with Crippen LogP contribution in [0.5, 0.6) is 0 Å². The van der Waals surface area contributed by atoms with Crippen molar-refractivity contribution in [1.82, 2.24) is 9.55 Å². The summed E-state index contributed by atoms with van der Waals surface area (Å²) in [5.41, 5.74) is -0.380. The smallest absolute Gasteiger partial charge is 0.350 e. The van der Waals surface area contributed by atoms with E-state index in [1.54, 1.807) is 36.5 Å². The summed E-state index contributed by atoms with van der Waals surface area (Å²) >= 11 is 1.37. The van der Waals surface area contributed by atoms with Crippen molar-refractivity contribution < 1.29 is 19.1 Å². The number of hydrogen-bond acceptors (Lipinski definition) is 7. The number of nitrogens with zero attached hydrogens (tertiary/aromatic N) is 2. The predicted octanol–water partition coefficient (Wildman–Crippen LogP) is 1.65. The molecule has 2 aromatic rings. The molecule has 8 nitrogen and oxygen atoms in total. The number of benzene rings is 1. The first-order valence-corrected chi connectivity index (χ1v) is 8.83. The quantitative estimate of drug-likeness (QED) is 0.793. The number of nitrogens with one attached hydrogen (secondary N) is 1. The molecule has 1 fully saturated rings. The van der Waals surface area contributed by atoms with Crippen molar-refractivity contribution in [3.05, 3.63) is 58.6 Å². The molecule has 1 aromatic heterocycles. The number of rotatable bonds is 5. The summed E-state index contributed by atoms with van der Waals surface area (Å²) in [5, 5.41) is 2.19. The number of amides is 1. The number of hydrogen-bond donors (Lipinski definition) is 1. The lowest BCUT2D eigenvalue weighted by atomic mass is 10.2. The van der Waals surface area contributed by atoms with Crippen molar-refractivity contribution in [2.45, 2.75) is 17.7 Å². The number of anilines is 1. The van der Waals surface area contributed by atoms with Crippen molar-refractivity contribution >= 4 is 29.5 Å². The monoisotopic (exact) mass is 375 g/mol. The van der Waals surface area contributed by atoms with Gasteiger partial charge in [0, 0.05) is 13.1 Å². The highest BCUT2D eigenvalue weighted by Gasteiger charge is 2.29.